The minimum Gasteiger partial charge on any atom is -0.381 e. The van der Waals surface area contributed by atoms with Crippen LogP contribution >= 0.6 is 0 Å². The average Bonchev–Trinajstić information content (AvgIpc) is 3.46. The second kappa shape index (κ2) is 7.29. The fraction of sp³-hybridized carbons (Fsp3) is 0.346. The molecule has 0 spiro atoms. The SMILES string of the molecule is CC1(c2nc(-c3ccccc3)c[nH]2)Cc2c([nH]c3ccccc23)C(C2(F)CCOCC2)N1. The van der Waals surface area contributed by atoms with E-state index in [1.165, 1.54) is 5.56 Å². The van der Waals surface area contributed by atoms with Crippen molar-refractivity contribution >= 4 is 10.9 Å². The van der Waals surface area contributed by atoms with Gasteiger partial charge in [-0.15, -0.1) is 0 Å². The van der Waals surface area contributed by atoms with Crippen LogP contribution in [-0.2, 0) is 16.7 Å². The molecule has 2 atom stereocenters. The monoisotopic (exact) mass is 430 g/mol. The Morgan fingerprint density at radius 3 is 2.59 bits per heavy atom. The molecule has 6 heteroatoms. The summed E-state index contributed by atoms with van der Waals surface area (Å²) in [6, 6.07) is 17.9. The Morgan fingerprint density at radius 2 is 1.78 bits per heavy atom. The van der Waals surface area contributed by atoms with Gasteiger partial charge >= 0.3 is 0 Å². The van der Waals surface area contributed by atoms with E-state index in [9.17, 15) is 0 Å². The van der Waals surface area contributed by atoms with Crippen LogP contribution in [-0.4, -0.2) is 33.8 Å². The van der Waals surface area contributed by atoms with Crippen LogP contribution in [0.25, 0.3) is 22.2 Å². The number of benzene rings is 2. The molecule has 0 bridgehead atoms. The number of hydrogen-bond donors (Lipinski definition) is 3. The average molecular weight is 431 g/mol. The van der Waals surface area contributed by atoms with E-state index in [1.54, 1.807) is 0 Å². The van der Waals surface area contributed by atoms with Crippen LogP contribution in [0.4, 0.5) is 4.39 Å². The first-order valence-electron chi connectivity index (χ1n) is 11.3. The van der Waals surface area contributed by atoms with E-state index in [0.717, 1.165) is 40.1 Å². The van der Waals surface area contributed by atoms with Gasteiger partial charge in [0.1, 0.15) is 11.5 Å². The minimum atomic E-state index is -1.38. The number of nitrogens with one attached hydrogen (secondary N) is 3. The third kappa shape index (κ3) is 3.09. The van der Waals surface area contributed by atoms with Crippen molar-refractivity contribution in [2.45, 2.75) is 43.4 Å². The maximum Gasteiger partial charge on any atom is 0.136 e. The van der Waals surface area contributed by atoms with E-state index >= 15 is 4.39 Å². The molecule has 1 saturated heterocycles. The van der Waals surface area contributed by atoms with Gasteiger partial charge in [-0.05, 0) is 25.0 Å². The summed E-state index contributed by atoms with van der Waals surface area (Å²) in [4.78, 5) is 11.9. The number of hydrogen-bond acceptors (Lipinski definition) is 3. The second-order valence-electron chi connectivity index (χ2n) is 9.30. The number of alkyl halides is 1. The lowest BCUT2D eigenvalue weighted by atomic mass is 9.77. The highest BCUT2D eigenvalue weighted by atomic mass is 19.1. The van der Waals surface area contributed by atoms with Gasteiger partial charge in [-0.1, -0.05) is 48.5 Å². The first kappa shape index (κ1) is 19.7. The number of aromatic amines is 2. The molecule has 164 valence electrons. The zero-order valence-corrected chi connectivity index (χ0v) is 18.1. The number of H-pyrrole nitrogens is 2. The number of aromatic nitrogens is 3. The molecule has 2 aliphatic rings. The lowest BCUT2D eigenvalue weighted by Gasteiger charge is -2.45. The van der Waals surface area contributed by atoms with Gasteiger partial charge in [0, 0.05) is 54.4 Å². The number of para-hydroxylation sites is 1. The summed E-state index contributed by atoms with van der Waals surface area (Å²) in [5, 5.41) is 4.84. The van der Waals surface area contributed by atoms with Crippen molar-refractivity contribution < 1.29 is 9.13 Å². The third-order valence-electron chi connectivity index (χ3n) is 7.14. The molecule has 2 aliphatic heterocycles. The number of rotatable bonds is 3. The number of ether oxygens (including phenoxy) is 1. The number of nitrogens with zero attached hydrogens (tertiary/aromatic N) is 1. The van der Waals surface area contributed by atoms with Crippen molar-refractivity contribution in [3.63, 3.8) is 0 Å². The summed E-state index contributed by atoms with van der Waals surface area (Å²) < 4.78 is 21.9. The maximum atomic E-state index is 16.4. The summed E-state index contributed by atoms with van der Waals surface area (Å²) in [6.07, 6.45) is 3.42. The molecular weight excluding hydrogens is 403 g/mol. The molecule has 0 radical (unpaired) electrons. The van der Waals surface area contributed by atoms with E-state index in [1.807, 2.05) is 36.5 Å². The van der Waals surface area contributed by atoms with Crippen LogP contribution in [0.15, 0.2) is 60.8 Å². The Balaban J connectivity index is 1.46. The van der Waals surface area contributed by atoms with Gasteiger partial charge in [0.15, 0.2) is 0 Å². The van der Waals surface area contributed by atoms with Crippen LogP contribution in [0.5, 0.6) is 0 Å². The van der Waals surface area contributed by atoms with Crippen molar-refractivity contribution in [2.75, 3.05) is 13.2 Å². The van der Waals surface area contributed by atoms with Gasteiger partial charge in [-0.2, -0.15) is 0 Å². The summed E-state index contributed by atoms with van der Waals surface area (Å²) in [5.41, 5.74) is 3.22. The Labute approximate surface area is 186 Å². The molecule has 2 unspecified atom stereocenters. The van der Waals surface area contributed by atoms with Crippen molar-refractivity contribution in [3.8, 4) is 11.3 Å². The zero-order valence-electron chi connectivity index (χ0n) is 18.1. The highest BCUT2D eigenvalue weighted by Gasteiger charge is 2.50. The normalized spacial score (nSPS) is 25.0. The maximum absolute atomic E-state index is 16.4. The molecule has 0 saturated carbocycles. The third-order valence-corrected chi connectivity index (χ3v) is 7.14. The molecule has 4 heterocycles. The Hall–Kier alpha value is -2.96. The molecule has 2 aromatic carbocycles. The van der Waals surface area contributed by atoms with Gasteiger partial charge in [0.2, 0.25) is 0 Å². The van der Waals surface area contributed by atoms with Gasteiger partial charge < -0.3 is 14.7 Å². The van der Waals surface area contributed by atoms with Crippen molar-refractivity contribution in [3.05, 3.63) is 77.9 Å². The van der Waals surface area contributed by atoms with E-state index in [0.29, 0.717) is 26.1 Å². The Morgan fingerprint density at radius 1 is 1.03 bits per heavy atom. The Kier molecular flexibility index (Phi) is 4.49. The first-order valence-corrected chi connectivity index (χ1v) is 11.3. The fourth-order valence-corrected chi connectivity index (χ4v) is 5.35. The topological polar surface area (TPSA) is 65.7 Å². The lowest BCUT2D eigenvalue weighted by Crippen LogP contribution is -2.55. The van der Waals surface area contributed by atoms with Crippen LogP contribution < -0.4 is 5.32 Å². The van der Waals surface area contributed by atoms with Gasteiger partial charge in [0.05, 0.1) is 17.3 Å². The molecule has 2 aromatic heterocycles. The zero-order chi connectivity index (χ0) is 21.8. The van der Waals surface area contributed by atoms with Crippen molar-refractivity contribution in [2.24, 2.45) is 0 Å². The van der Waals surface area contributed by atoms with Crippen LogP contribution in [0.3, 0.4) is 0 Å². The summed E-state index contributed by atoms with van der Waals surface area (Å²) in [7, 11) is 0. The molecule has 32 heavy (non-hydrogen) atoms. The standard InChI is InChI=1S/C26H27FN4O/c1-25(24-28-16-21(30-24)17-7-3-2-4-8-17)15-19-18-9-5-6-10-20(18)29-22(19)23(31-25)26(27)11-13-32-14-12-26/h2-10,16,23,29,31H,11-15H2,1H3,(H,28,30). The lowest BCUT2D eigenvalue weighted by molar-refractivity contribution is -0.0406. The largest absolute Gasteiger partial charge is 0.381 e. The fourth-order valence-electron chi connectivity index (χ4n) is 5.35. The van der Waals surface area contributed by atoms with Crippen molar-refractivity contribution in [1.82, 2.24) is 20.3 Å². The summed E-state index contributed by atoms with van der Waals surface area (Å²) in [5.74, 6) is 0.827. The smallest absolute Gasteiger partial charge is 0.136 e. The number of halogens is 1. The van der Waals surface area contributed by atoms with E-state index in [-0.39, 0.29) is 0 Å². The molecule has 0 aliphatic carbocycles. The van der Waals surface area contributed by atoms with Gasteiger partial charge in [-0.25, -0.2) is 9.37 Å². The van der Waals surface area contributed by atoms with E-state index < -0.39 is 17.2 Å². The first-order chi connectivity index (χ1) is 15.6. The summed E-state index contributed by atoms with van der Waals surface area (Å²) in [6.45, 7) is 3.01. The van der Waals surface area contributed by atoms with Gasteiger partial charge in [-0.3, -0.25) is 5.32 Å². The molecule has 5 nitrogen and oxygen atoms in total. The molecule has 4 aromatic rings. The van der Waals surface area contributed by atoms with Crippen LogP contribution in [0, 0.1) is 0 Å². The van der Waals surface area contributed by atoms with Crippen molar-refractivity contribution in [1.29, 1.82) is 0 Å². The molecule has 6 rings (SSSR count). The second-order valence-corrected chi connectivity index (χ2v) is 9.30. The quantitative estimate of drug-likeness (QED) is 0.420. The molecule has 1 fully saturated rings. The molecule has 0 amide bonds. The molecular formula is C26H27FN4O. The molecule has 3 N–H and O–H groups in total. The minimum absolute atomic E-state index is 0.378. The highest BCUT2D eigenvalue weighted by Crippen LogP contribution is 2.47. The summed E-state index contributed by atoms with van der Waals surface area (Å²) >= 11 is 0. The van der Waals surface area contributed by atoms with Crippen LogP contribution in [0.1, 0.15) is 42.9 Å². The van der Waals surface area contributed by atoms with Crippen LogP contribution in [0.2, 0.25) is 0 Å². The Bertz CT molecular complexity index is 1260. The predicted octanol–water partition coefficient (Wildman–Crippen LogP) is 5.18. The van der Waals surface area contributed by atoms with E-state index in [2.05, 4.69) is 46.5 Å². The van der Waals surface area contributed by atoms with Gasteiger partial charge in [0.25, 0.3) is 0 Å². The highest BCUT2D eigenvalue weighted by molar-refractivity contribution is 5.85. The van der Waals surface area contributed by atoms with E-state index in [4.69, 9.17) is 9.72 Å². The predicted molar refractivity (Wildman–Crippen MR) is 123 cm³/mol. The number of fused-ring (bicyclic) bond motifs is 3. The number of imidazole rings is 1.